The van der Waals surface area contributed by atoms with E-state index in [4.69, 9.17) is 4.52 Å². The Morgan fingerprint density at radius 3 is 2.89 bits per heavy atom. The van der Waals surface area contributed by atoms with E-state index in [1.807, 2.05) is 42.2 Å². The number of rotatable bonds is 4. The van der Waals surface area contributed by atoms with Crippen LogP contribution < -0.4 is 5.32 Å². The first-order chi connectivity index (χ1) is 13.1. The molecule has 0 bridgehead atoms. The van der Waals surface area contributed by atoms with Crippen molar-refractivity contribution < 1.29 is 9.32 Å². The van der Waals surface area contributed by atoms with E-state index in [9.17, 15) is 4.79 Å². The predicted octanol–water partition coefficient (Wildman–Crippen LogP) is 3.80. The molecule has 1 fully saturated rings. The second-order valence-corrected chi connectivity index (χ2v) is 6.74. The van der Waals surface area contributed by atoms with Gasteiger partial charge in [-0.05, 0) is 56.5 Å². The summed E-state index contributed by atoms with van der Waals surface area (Å²) in [7, 11) is 0. The Labute approximate surface area is 157 Å². The summed E-state index contributed by atoms with van der Waals surface area (Å²) in [5.74, 6) is 2.00. The number of nitrogens with one attached hydrogen (secondary N) is 1. The summed E-state index contributed by atoms with van der Waals surface area (Å²) in [5.41, 5.74) is 2.34. The minimum absolute atomic E-state index is 0.00326. The molecule has 27 heavy (non-hydrogen) atoms. The molecule has 0 spiro atoms. The van der Waals surface area contributed by atoms with Crippen molar-refractivity contribution in [1.29, 1.82) is 0 Å². The standard InChI is InChI=1S/C20H21N5O2/c1-13-5-3-7-18(22-13)23-19-12-15(8-9-21-19)17-6-4-10-25(17)20(26)16-11-14(2)27-24-16/h3,5,7-9,11-12,17H,4,6,10H2,1-2H3,(H,21,22,23)/t17-/m0/s1. The van der Waals surface area contributed by atoms with Gasteiger partial charge in [-0.2, -0.15) is 0 Å². The number of pyridine rings is 2. The van der Waals surface area contributed by atoms with E-state index in [2.05, 4.69) is 20.4 Å². The van der Waals surface area contributed by atoms with Crippen LogP contribution in [0.2, 0.25) is 0 Å². The number of aromatic nitrogens is 3. The van der Waals surface area contributed by atoms with E-state index < -0.39 is 0 Å². The lowest BCUT2D eigenvalue weighted by molar-refractivity contribution is 0.0725. The first-order valence-electron chi connectivity index (χ1n) is 9.01. The quantitative estimate of drug-likeness (QED) is 0.759. The molecule has 4 rings (SSSR count). The molecular weight excluding hydrogens is 342 g/mol. The smallest absolute Gasteiger partial charge is 0.276 e. The molecule has 1 aliphatic heterocycles. The van der Waals surface area contributed by atoms with E-state index in [0.29, 0.717) is 23.8 Å². The normalized spacial score (nSPS) is 16.5. The summed E-state index contributed by atoms with van der Waals surface area (Å²) in [4.78, 5) is 23.5. The number of carbonyl (C=O) groups is 1. The van der Waals surface area contributed by atoms with Gasteiger partial charge < -0.3 is 14.7 Å². The zero-order chi connectivity index (χ0) is 18.8. The maximum absolute atomic E-state index is 12.8. The van der Waals surface area contributed by atoms with Gasteiger partial charge in [0.1, 0.15) is 17.4 Å². The number of hydrogen-bond acceptors (Lipinski definition) is 6. The molecule has 0 saturated carbocycles. The number of likely N-dealkylation sites (tertiary alicyclic amines) is 1. The van der Waals surface area contributed by atoms with Gasteiger partial charge in [-0.25, -0.2) is 9.97 Å². The summed E-state index contributed by atoms with van der Waals surface area (Å²) >= 11 is 0. The third-order valence-electron chi connectivity index (χ3n) is 4.67. The fraction of sp³-hybridized carbons (Fsp3) is 0.300. The lowest BCUT2D eigenvalue weighted by atomic mass is 10.1. The molecule has 1 aliphatic rings. The van der Waals surface area contributed by atoms with Crippen molar-refractivity contribution in [2.45, 2.75) is 32.7 Å². The molecule has 3 aromatic rings. The van der Waals surface area contributed by atoms with Gasteiger partial charge in [0, 0.05) is 24.5 Å². The van der Waals surface area contributed by atoms with Crippen LogP contribution in [-0.4, -0.2) is 32.5 Å². The molecule has 0 aliphatic carbocycles. The van der Waals surface area contributed by atoms with Gasteiger partial charge >= 0.3 is 0 Å². The first-order valence-corrected chi connectivity index (χ1v) is 9.01. The van der Waals surface area contributed by atoms with Gasteiger partial charge in [-0.1, -0.05) is 11.2 Å². The van der Waals surface area contributed by atoms with Crippen LogP contribution in [0.5, 0.6) is 0 Å². The van der Waals surface area contributed by atoms with Gasteiger partial charge in [0.05, 0.1) is 6.04 Å². The molecule has 138 valence electrons. The highest BCUT2D eigenvalue weighted by Gasteiger charge is 2.32. The number of aryl methyl sites for hydroxylation is 2. The van der Waals surface area contributed by atoms with Crippen LogP contribution in [0.1, 0.15) is 46.4 Å². The Morgan fingerprint density at radius 2 is 2.11 bits per heavy atom. The van der Waals surface area contributed by atoms with Crippen LogP contribution in [0, 0.1) is 13.8 Å². The van der Waals surface area contributed by atoms with Gasteiger partial charge in [0.15, 0.2) is 5.69 Å². The van der Waals surface area contributed by atoms with Crippen molar-refractivity contribution in [2.24, 2.45) is 0 Å². The summed E-state index contributed by atoms with van der Waals surface area (Å²) in [5, 5.41) is 7.11. The van der Waals surface area contributed by atoms with Gasteiger partial charge in [-0.15, -0.1) is 0 Å². The zero-order valence-electron chi connectivity index (χ0n) is 15.3. The highest BCUT2D eigenvalue weighted by atomic mass is 16.5. The molecule has 1 saturated heterocycles. The van der Waals surface area contributed by atoms with E-state index in [1.165, 1.54) is 0 Å². The highest BCUT2D eigenvalue weighted by Crippen LogP contribution is 2.34. The molecule has 3 aromatic heterocycles. The van der Waals surface area contributed by atoms with Crippen molar-refractivity contribution >= 4 is 17.5 Å². The van der Waals surface area contributed by atoms with Gasteiger partial charge in [0.2, 0.25) is 0 Å². The molecule has 7 nitrogen and oxygen atoms in total. The topological polar surface area (TPSA) is 84.2 Å². The molecule has 0 unspecified atom stereocenters. The SMILES string of the molecule is Cc1cccc(Nc2cc([C@@H]3CCCN3C(=O)c3cc(C)on3)ccn2)n1. The maximum atomic E-state index is 12.8. The number of carbonyl (C=O) groups excluding carboxylic acids is 1. The van der Waals surface area contributed by atoms with Crippen molar-refractivity contribution in [3.05, 3.63) is 65.3 Å². The first kappa shape index (κ1) is 17.2. The second-order valence-electron chi connectivity index (χ2n) is 6.74. The van der Waals surface area contributed by atoms with E-state index in [0.717, 1.165) is 29.9 Å². The van der Waals surface area contributed by atoms with Crippen molar-refractivity contribution in [2.75, 3.05) is 11.9 Å². The summed E-state index contributed by atoms with van der Waals surface area (Å²) in [6.07, 6.45) is 3.63. The summed E-state index contributed by atoms with van der Waals surface area (Å²) in [6.45, 7) is 4.44. The third kappa shape index (κ3) is 3.67. The Bertz CT molecular complexity index is 968. The van der Waals surface area contributed by atoms with Crippen LogP contribution >= 0.6 is 0 Å². The lowest BCUT2D eigenvalue weighted by Gasteiger charge is -2.24. The van der Waals surface area contributed by atoms with Crippen LogP contribution in [0.25, 0.3) is 0 Å². The Balaban J connectivity index is 1.56. The highest BCUT2D eigenvalue weighted by molar-refractivity contribution is 5.92. The minimum Gasteiger partial charge on any atom is -0.361 e. The maximum Gasteiger partial charge on any atom is 0.276 e. The fourth-order valence-corrected chi connectivity index (χ4v) is 3.44. The van der Waals surface area contributed by atoms with Crippen molar-refractivity contribution in [3.63, 3.8) is 0 Å². The Kier molecular flexibility index (Phi) is 4.58. The van der Waals surface area contributed by atoms with Crippen LogP contribution in [0.3, 0.4) is 0 Å². The van der Waals surface area contributed by atoms with Gasteiger partial charge in [0.25, 0.3) is 5.91 Å². The molecule has 1 N–H and O–H groups in total. The van der Waals surface area contributed by atoms with Crippen LogP contribution in [-0.2, 0) is 0 Å². The van der Waals surface area contributed by atoms with Crippen molar-refractivity contribution in [3.8, 4) is 0 Å². The Hall–Kier alpha value is -3.22. The van der Waals surface area contributed by atoms with Gasteiger partial charge in [-0.3, -0.25) is 4.79 Å². The third-order valence-corrected chi connectivity index (χ3v) is 4.67. The number of nitrogens with zero attached hydrogens (tertiary/aromatic N) is 4. The fourth-order valence-electron chi connectivity index (χ4n) is 3.44. The second kappa shape index (κ2) is 7.19. The monoisotopic (exact) mass is 363 g/mol. The molecule has 0 aromatic carbocycles. The molecule has 1 atom stereocenters. The average molecular weight is 363 g/mol. The molecular formula is C20H21N5O2. The molecule has 0 radical (unpaired) electrons. The summed E-state index contributed by atoms with van der Waals surface area (Å²) in [6, 6.07) is 11.4. The van der Waals surface area contributed by atoms with E-state index in [-0.39, 0.29) is 11.9 Å². The molecule has 4 heterocycles. The van der Waals surface area contributed by atoms with E-state index in [1.54, 1.807) is 19.2 Å². The van der Waals surface area contributed by atoms with Crippen LogP contribution in [0.4, 0.5) is 11.6 Å². The largest absolute Gasteiger partial charge is 0.361 e. The van der Waals surface area contributed by atoms with Crippen LogP contribution in [0.15, 0.2) is 47.1 Å². The zero-order valence-corrected chi connectivity index (χ0v) is 15.3. The average Bonchev–Trinajstić information content (AvgIpc) is 3.30. The Morgan fingerprint density at radius 1 is 1.22 bits per heavy atom. The molecule has 1 amide bonds. The molecule has 7 heteroatoms. The summed E-state index contributed by atoms with van der Waals surface area (Å²) < 4.78 is 5.06. The number of anilines is 2. The number of hydrogen-bond donors (Lipinski definition) is 1. The number of amides is 1. The van der Waals surface area contributed by atoms with Crippen molar-refractivity contribution in [1.82, 2.24) is 20.0 Å². The minimum atomic E-state index is -0.0963. The lowest BCUT2D eigenvalue weighted by Crippen LogP contribution is -2.30. The van der Waals surface area contributed by atoms with E-state index >= 15 is 0 Å². The predicted molar refractivity (Wildman–Crippen MR) is 101 cm³/mol.